The van der Waals surface area contributed by atoms with Crippen molar-refractivity contribution in [2.45, 2.75) is 30.3 Å². The summed E-state index contributed by atoms with van der Waals surface area (Å²) in [6.07, 6.45) is -2.22. The first-order chi connectivity index (χ1) is 14.8. The molecule has 3 rings (SSSR count). The van der Waals surface area contributed by atoms with E-state index in [1.54, 1.807) is 4.90 Å². The Kier molecular flexibility index (Phi) is 7.68. The van der Waals surface area contributed by atoms with Crippen molar-refractivity contribution in [1.29, 1.82) is 5.26 Å². The Bertz CT molecular complexity index is 972. The second kappa shape index (κ2) is 10.2. The number of aromatic nitrogens is 1. The number of hydrogen-bond acceptors (Lipinski definition) is 5. The van der Waals surface area contributed by atoms with Gasteiger partial charge in [-0.3, -0.25) is 4.79 Å². The molecule has 0 spiro atoms. The number of benzene rings is 1. The summed E-state index contributed by atoms with van der Waals surface area (Å²) in [6, 6.07) is 10.4. The number of nitrogens with zero attached hydrogens (tertiary/aromatic N) is 3. The number of para-hydroxylation sites is 1. The van der Waals surface area contributed by atoms with Crippen molar-refractivity contribution in [3.63, 3.8) is 0 Å². The Hall–Kier alpha value is -2.44. The van der Waals surface area contributed by atoms with E-state index in [0.29, 0.717) is 49.6 Å². The molecule has 2 aromatic rings. The molecule has 31 heavy (non-hydrogen) atoms. The first-order valence-electron chi connectivity index (χ1n) is 9.67. The Morgan fingerprint density at radius 2 is 2.03 bits per heavy atom. The van der Waals surface area contributed by atoms with E-state index in [9.17, 15) is 18.0 Å². The van der Waals surface area contributed by atoms with Crippen LogP contribution < -0.4 is 10.2 Å². The molecule has 1 aliphatic heterocycles. The van der Waals surface area contributed by atoms with Gasteiger partial charge in [0.1, 0.15) is 5.82 Å². The van der Waals surface area contributed by atoms with Gasteiger partial charge in [-0.15, -0.1) is 11.8 Å². The van der Waals surface area contributed by atoms with E-state index in [1.807, 2.05) is 24.3 Å². The number of carbonyl (C=O) groups is 1. The minimum Gasteiger partial charge on any atom is -0.355 e. The number of nitrogens with one attached hydrogen (secondary N) is 1. The summed E-state index contributed by atoms with van der Waals surface area (Å²) in [7, 11) is 0. The van der Waals surface area contributed by atoms with E-state index >= 15 is 0 Å². The summed E-state index contributed by atoms with van der Waals surface area (Å²) in [6.45, 7) is 0.934. The normalized spacial score (nSPS) is 14.9. The molecule has 0 bridgehead atoms. The number of anilines is 2. The molecule has 1 saturated heterocycles. The molecule has 0 radical (unpaired) electrons. The number of hydrogen-bond donors (Lipinski definition) is 1. The van der Waals surface area contributed by atoms with Crippen LogP contribution in [0.1, 0.15) is 24.8 Å². The summed E-state index contributed by atoms with van der Waals surface area (Å²) in [5, 5.41) is 11.6. The third kappa shape index (κ3) is 6.05. The van der Waals surface area contributed by atoms with Gasteiger partial charge >= 0.3 is 6.18 Å². The third-order valence-corrected chi connectivity index (χ3v) is 6.28. The Morgan fingerprint density at radius 3 is 2.68 bits per heavy atom. The number of halogens is 4. The van der Waals surface area contributed by atoms with E-state index in [2.05, 4.69) is 16.4 Å². The zero-order chi connectivity index (χ0) is 22.4. The highest BCUT2D eigenvalue weighted by atomic mass is 35.5. The Morgan fingerprint density at radius 1 is 1.32 bits per heavy atom. The lowest BCUT2D eigenvalue weighted by atomic mass is 9.95. The van der Waals surface area contributed by atoms with Gasteiger partial charge in [0.15, 0.2) is 0 Å². The molecule has 164 valence electrons. The first-order valence-corrected chi connectivity index (χ1v) is 11.0. The minimum absolute atomic E-state index is 0.0546. The van der Waals surface area contributed by atoms with Crippen LogP contribution >= 0.6 is 23.4 Å². The van der Waals surface area contributed by atoms with Crippen molar-refractivity contribution < 1.29 is 18.0 Å². The molecule has 5 nitrogen and oxygen atoms in total. The van der Waals surface area contributed by atoms with E-state index in [0.717, 1.165) is 17.2 Å². The lowest BCUT2D eigenvalue weighted by Crippen LogP contribution is -2.38. The number of pyridine rings is 1. The van der Waals surface area contributed by atoms with Crippen LogP contribution in [0.4, 0.5) is 24.7 Å². The fourth-order valence-electron chi connectivity index (χ4n) is 3.31. The highest BCUT2D eigenvalue weighted by Gasteiger charge is 2.33. The van der Waals surface area contributed by atoms with Gasteiger partial charge in [-0.05, 0) is 31.0 Å². The predicted octanol–water partition coefficient (Wildman–Crippen LogP) is 5.61. The van der Waals surface area contributed by atoms with Crippen molar-refractivity contribution >= 4 is 40.8 Å². The van der Waals surface area contributed by atoms with Crippen LogP contribution in [0.5, 0.6) is 0 Å². The van der Waals surface area contributed by atoms with E-state index in [-0.39, 0.29) is 16.8 Å². The quantitative estimate of drug-likeness (QED) is 0.440. The molecule has 1 fully saturated rings. The maximum atomic E-state index is 12.8. The molecule has 1 aromatic heterocycles. The first kappa shape index (κ1) is 23.2. The molecule has 1 amide bonds. The van der Waals surface area contributed by atoms with Crippen molar-refractivity contribution in [3.05, 3.63) is 47.1 Å². The lowest BCUT2D eigenvalue weighted by Gasteiger charge is -2.32. The van der Waals surface area contributed by atoms with E-state index in [4.69, 9.17) is 16.9 Å². The van der Waals surface area contributed by atoms with Gasteiger partial charge in [0.05, 0.1) is 22.3 Å². The van der Waals surface area contributed by atoms with Crippen molar-refractivity contribution in [2.24, 2.45) is 5.92 Å². The maximum Gasteiger partial charge on any atom is 0.417 e. The van der Waals surface area contributed by atoms with Gasteiger partial charge < -0.3 is 10.2 Å². The van der Waals surface area contributed by atoms with Gasteiger partial charge in [0, 0.05) is 42.3 Å². The van der Waals surface area contributed by atoms with Gasteiger partial charge in [0.25, 0.3) is 0 Å². The van der Waals surface area contributed by atoms with Gasteiger partial charge in [-0.1, -0.05) is 23.7 Å². The fraction of sp³-hybridized carbons (Fsp3) is 0.381. The van der Waals surface area contributed by atoms with Crippen LogP contribution in [-0.2, 0) is 11.0 Å². The zero-order valence-electron chi connectivity index (χ0n) is 16.5. The molecule has 0 unspecified atom stereocenters. The van der Waals surface area contributed by atoms with Crippen LogP contribution in [-0.4, -0.2) is 29.7 Å². The lowest BCUT2D eigenvalue weighted by molar-refractivity contribution is -0.137. The average Bonchev–Trinajstić information content (AvgIpc) is 2.74. The monoisotopic (exact) mass is 468 g/mol. The van der Waals surface area contributed by atoms with Crippen LogP contribution in [0.2, 0.25) is 5.02 Å². The Labute approximate surface area is 187 Å². The number of amides is 1. The Balaban J connectivity index is 1.59. The molecule has 0 aliphatic carbocycles. The van der Waals surface area contributed by atoms with Crippen molar-refractivity contribution in [2.75, 3.05) is 29.1 Å². The van der Waals surface area contributed by atoms with Gasteiger partial charge in [-0.25, -0.2) is 4.98 Å². The fourth-order valence-corrected chi connectivity index (χ4v) is 4.46. The largest absolute Gasteiger partial charge is 0.417 e. The summed E-state index contributed by atoms with van der Waals surface area (Å²) in [5.41, 5.74) is -0.174. The second-order valence-corrected chi connectivity index (χ2v) is 8.57. The number of piperidine rings is 1. The molecular formula is C21H20ClF3N4OS. The van der Waals surface area contributed by atoms with Crippen LogP contribution in [0.3, 0.4) is 0 Å². The summed E-state index contributed by atoms with van der Waals surface area (Å²) >= 11 is 7.55. The zero-order valence-corrected chi connectivity index (χ0v) is 18.0. The smallest absolute Gasteiger partial charge is 0.355 e. The molecular weight excluding hydrogens is 449 g/mol. The molecule has 0 saturated carbocycles. The molecule has 1 N–H and O–H groups in total. The van der Waals surface area contributed by atoms with E-state index in [1.165, 1.54) is 11.8 Å². The van der Waals surface area contributed by atoms with Crippen LogP contribution in [0.25, 0.3) is 0 Å². The third-order valence-electron chi connectivity index (χ3n) is 4.93. The van der Waals surface area contributed by atoms with Crippen LogP contribution in [0.15, 0.2) is 41.4 Å². The molecule has 10 heteroatoms. The standard InChI is InChI=1S/C21H20ClF3N4OS/c22-16-12-15(21(23,24)25)13-27-19(16)29-9-6-14(7-10-29)20(30)28-17-4-1-2-5-18(17)31-11-3-8-26/h1-2,4-5,12-14H,3,6-7,9-11H2,(H,28,30). The SMILES string of the molecule is N#CCCSc1ccccc1NC(=O)C1CCN(c2ncc(C(F)(F)F)cc2Cl)CC1. The minimum atomic E-state index is -4.50. The highest BCUT2D eigenvalue weighted by molar-refractivity contribution is 7.99. The topological polar surface area (TPSA) is 69.0 Å². The van der Waals surface area contributed by atoms with Gasteiger partial charge in [-0.2, -0.15) is 18.4 Å². The maximum absolute atomic E-state index is 12.8. The summed E-state index contributed by atoms with van der Waals surface area (Å²) < 4.78 is 38.4. The average molecular weight is 469 g/mol. The number of thioether (sulfide) groups is 1. The van der Waals surface area contributed by atoms with Crippen LogP contribution in [0, 0.1) is 17.2 Å². The highest BCUT2D eigenvalue weighted by Crippen LogP contribution is 2.35. The number of nitriles is 1. The number of alkyl halides is 3. The van der Waals surface area contributed by atoms with Crippen molar-refractivity contribution in [1.82, 2.24) is 4.98 Å². The molecule has 0 atom stereocenters. The number of rotatable bonds is 6. The van der Waals surface area contributed by atoms with E-state index < -0.39 is 11.7 Å². The summed E-state index contributed by atoms with van der Waals surface area (Å²) in [5.74, 6) is 0.622. The second-order valence-electron chi connectivity index (χ2n) is 7.03. The summed E-state index contributed by atoms with van der Waals surface area (Å²) in [4.78, 5) is 19.4. The molecule has 1 aromatic carbocycles. The van der Waals surface area contributed by atoms with Crippen molar-refractivity contribution in [3.8, 4) is 6.07 Å². The molecule has 2 heterocycles. The molecule has 1 aliphatic rings. The van der Waals surface area contributed by atoms with Gasteiger partial charge in [0.2, 0.25) is 5.91 Å². The number of carbonyl (C=O) groups excluding carboxylic acids is 1. The predicted molar refractivity (Wildman–Crippen MR) is 115 cm³/mol.